The van der Waals surface area contributed by atoms with Crippen molar-refractivity contribution in [2.24, 2.45) is 7.05 Å². The molecule has 0 bridgehead atoms. The fraction of sp³-hybridized carbons (Fsp3) is 0.360. The SMILES string of the molecule is Cc1cc(Cl)ccc1OCc1cccc(C(=O)N2CCN(Cc3cn(C)nc3C)CC2)c1. The van der Waals surface area contributed by atoms with E-state index in [1.165, 1.54) is 5.56 Å². The summed E-state index contributed by atoms with van der Waals surface area (Å²) in [5, 5.41) is 5.11. The summed E-state index contributed by atoms with van der Waals surface area (Å²) in [6.07, 6.45) is 2.08. The molecule has 1 fully saturated rings. The van der Waals surface area contributed by atoms with Crippen molar-refractivity contribution >= 4 is 17.5 Å². The Bertz CT molecular complexity index is 1100. The number of halogens is 1. The van der Waals surface area contributed by atoms with Crippen molar-refractivity contribution in [2.45, 2.75) is 27.0 Å². The van der Waals surface area contributed by atoms with E-state index in [-0.39, 0.29) is 5.91 Å². The Morgan fingerprint density at radius 1 is 1.09 bits per heavy atom. The van der Waals surface area contributed by atoms with Crippen LogP contribution in [0.1, 0.15) is 32.7 Å². The first-order chi connectivity index (χ1) is 15.4. The normalized spacial score (nSPS) is 14.6. The van der Waals surface area contributed by atoms with Crippen LogP contribution in [0.15, 0.2) is 48.7 Å². The smallest absolute Gasteiger partial charge is 0.253 e. The molecule has 2 heterocycles. The Morgan fingerprint density at radius 2 is 1.88 bits per heavy atom. The van der Waals surface area contributed by atoms with Crippen LogP contribution < -0.4 is 4.74 Å². The standard InChI is InChI=1S/C25H29ClN4O2/c1-18-13-23(26)7-8-24(18)32-17-20-5-4-6-21(14-20)25(31)30-11-9-29(10-12-30)16-22-15-28(3)27-19(22)2/h4-8,13-15H,9-12,16-17H2,1-3H3. The van der Waals surface area contributed by atoms with E-state index >= 15 is 0 Å². The Balaban J connectivity index is 1.33. The van der Waals surface area contributed by atoms with Gasteiger partial charge in [-0.25, -0.2) is 0 Å². The minimum Gasteiger partial charge on any atom is -0.489 e. The van der Waals surface area contributed by atoms with E-state index in [0.29, 0.717) is 17.2 Å². The Hall–Kier alpha value is -2.83. The Morgan fingerprint density at radius 3 is 2.56 bits per heavy atom. The first kappa shape index (κ1) is 22.4. The summed E-state index contributed by atoms with van der Waals surface area (Å²) in [7, 11) is 1.95. The summed E-state index contributed by atoms with van der Waals surface area (Å²) in [6.45, 7) is 8.46. The highest BCUT2D eigenvalue weighted by atomic mass is 35.5. The maximum absolute atomic E-state index is 13.1. The van der Waals surface area contributed by atoms with Gasteiger partial charge in [-0.15, -0.1) is 0 Å². The topological polar surface area (TPSA) is 50.6 Å². The van der Waals surface area contributed by atoms with E-state index in [1.54, 1.807) is 0 Å². The number of ether oxygens (including phenoxy) is 1. The number of rotatable bonds is 6. The largest absolute Gasteiger partial charge is 0.489 e. The van der Waals surface area contributed by atoms with Crippen molar-refractivity contribution < 1.29 is 9.53 Å². The van der Waals surface area contributed by atoms with Crippen LogP contribution in [0.2, 0.25) is 5.02 Å². The number of hydrogen-bond acceptors (Lipinski definition) is 4. The third kappa shape index (κ3) is 5.31. The van der Waals surface area contributed by atoms with E-state index in [2.05, 4.69) is 16.2 Å². The molecule has 0 radical (unpaired) electrons. The predicted octanol–water partition coefficient (Wildman–Crippen LogP) is 4.23. The number of aromatic nitrogens is 2. The van der Waals surface area contributed by atoms with Gasteiger partial charge in [-0.1, -0.05) is 23.7 Å². The number of amides is 1. The number of carbonyl (C=O) groups is 1. The number of nitrogens with zero attached hydrogens (tertiary/aromatic N) is 4. The van der Waals surface area contributed by atoms with Crippen LogP contribution in [0.3, 0.4) is 0 Å². The molecule has 0 unspecified atom stereocenters. The number of aryl methyl sites for hydroxylation is 3. The second kappa shape index (κ2) is 9.76. The molecule has 0 saturated carbocycles. The molecular weight excluding hydrogens is 424 g/mol. The molecule has 2 aromatic carbocycles. The van der Waals surface area contributed by atoms with E-state index in [4.69, 9.17) is 16.3 Å². The molecule has 0 atom stereocenters. The fourth-order valence-corrected chi connectivity index (χ4v) is 4.29. The van der Waals surface area contributed by atoms with Crippen molar-refractivity contribution in [3.63, 3.8) is 0 Å². The molecule has 1 amide bonds. The summed E-state index contributed by atoms with van der Waals surface area (Å²) in [6, 6.07) is 13.3. The third-order valence-electron chi connectivity index (χ3n) is 5.87. The van der Waals surface area contributed by atoms with Crippen molar-refractivity contribution in [2.75, 3.05) is 26.2 Å². The molecule has 1 saturated heterocycles. The molecule has 0 spiro atoms. The van der Waals surface area contributed by atoms with Crippen molar-refractivity contribution in [1.82, 2.24) is 19.6 Å². The van der Waals surface area contributed by atoms with Crippen LogP contribution in [-0.2, 0) is 20.2 Å². The lowest BCUT2D eigenvalue weighted by atomic mass is 10.1. The van der Waals surface area contributed by atoms with Gasteiger partial charge in [-0.2, -0.15) is 5.10 Å². The lowest BCUT2D eigenvalue weighted by Crippen LogP contribution is -2.48. The van der Waals surface area contributed by atoms with Crippen LogP contribution >= 0.6 is 11.6 Å². The van der Waals surface area contributed by atoms with Gasteiger partial charge in [-0.05, 0) is 55.3 Å². The molecule has 7 heteroatoms. The molecule has 32 heavy (non-hydrogen) atoms. The lowest BCUT2D eigenvalue weighted by Gasteiger charge is -2.34. The van der Waals surface area contributed by atoms with Crippen LogP contribution in [0.25, 0.3) is 0 Å². The van der Waals surface area contributed by atoms with Gasteiger partial charge >= 0.3 is 0 Å². The number of carbonyl (C=O) groups excluding carboxylic acids is 1. The number of benzene rings is 2. The molecule has 1 aliphatic heterocycles. The summed E-state index contributed by atoms with van der Waals surface area (Å²) < 4.78 is 7.80. The van der Waals surface area contributed by atoms with Gasteiger partial charge in [0.05, 0.1) is 5.69 Å². The quantitative estimate of drug-likeness (QED) is 0.561. The van der Waals surface area contributed by atoms with E-state index in [9.17, 15) is 4.79 Å². The van der Waals surface area contributed by atoms with E-state index < -0.39 is 0 Å². The maximum Gasteiger partial charge on any atom is 0.253 e. The highest BCUT2D eigenvalue weighted by molar-refractivity contribution is 6.30. The number of piperazine rings is 1. The van der Waals surface area contributed by atoms with Crippen molar-refractivity contribution in [3.8, 4) is 5.75 Å². The monoisotopic (exact) mass is 452 g/mol. The van der Waals surface area contributed by atoms with Gasteiger partial charge in [0.25, 0.3) is 5.91 Å². The van der Waals surface area contributed by atoms with Crippen LogP contribution in [-0.4, -0.2) is 51.7 Å². The molecule has 0 N–H and O–H groups in total. The first-order valence-electron chi connectivity index (χ1n) is 10.9. The average Bonchev–Trinajstić information content (AvgIpc) is 3.10. The molecule has 1 aromatic heterocycles. The molecule has 1 aliphatic rings. The fourth-order valence-electron chi connectivity index (χ4n) is 4.07. The molecule has 6 nitrogen and oxygen atoms in total. The highest BCUT2D eigenvalue weighted by Crippen LogP contribution is 2.23. The first-order valence-corrected chi connectivity index (χ1v) is 11.3. The van der Waals surface area contributed by atoms with Crippen molar-refractivity contribution in [1.29, 1.82) is 0 Å². The third-order valence-corrected chi connectivity index (χ3v) is 6.11. The number of hydrogen-bond donors (Lipinski definition) is 0. The zero-order valence-electron chi connectivity index (χ0n) is 18.8. The van der Waals surface area contributed by atoms with E-state index in [1.807, 2.05) is 72.9 Å². The maximum atomic E-state index is 13.1. The highest BCUT2D eigenvalue weighted by Gasteiger charge is 2.23. The lowest BCUT2D eigenvalue weighted by molar-refractivity contribution is 0.0628. The van der Waals surface area contributed by atoms with Crippen LogP contribution in [0, 0.1) is 13.8 Å². The van der Waals surface area contributed by atoms with Crippen LogP contribution in [0.4, 0.5) is 0 Å². The summed E-state index contributed by atoms with van der Waals surface area (Å²) in [4.78, 5) is 17.4. The molecule has 168 valence electrons. The Kier molecular flexibility index (Phi) is 6.82. The van der Waals surface area contributed by atoms with Crippen molar-refractivity contribution in [3.05, 3.63) is 81.6 Å². The van der Waals surface area contributed by atoms with Crippen LogP contribution in [0.5, 0.6) is 5.75 Å². The molecular formula is C25H29ClN4O2. The second-order valence-corrected chi connectivity index (χ2v) is 8.82. The minimum absolute atomic E-state index is 0.0757. The van der Waals surface area contributed by atoms with E-state index in [0.717, 1.165) is 55.3 Å². The minimum atomic E-state index is 0.0757. The molecule has 4 rings (SSSR count). The zero-order valence-corrected chi connectivity index (χ0v) is 19.6. The van der Waals surface area contributed by atoms with Gasteiger partial charge in [0.15, 0.2) is 0 Å². The predicted molar refractivity (Wildman–Crippen MR) is 126 cm³/mol. The zero-order chi connectivity index (χ0) is 22.7. The van der Waals surface area contributed by atoms with Gasteiger partial charge in [0.1, 0.15) is 12.4 Å². The van der Waals surface area contributed by atoms with Gasteiger partial charge in [-0.3, -0.25) is 14.4 Å². The average molecular weight is 453 g/mol. The van der Waals surface area contributed by atoms with Gasteiger partial charge in [0, 0.05) is 62.1 Å². The summed E-state index contributed by atoms with van der Waals surface area (Å²) in [5.41, 5.74) is 4.98. The summed E-state index contributed by atoms with van der Waals surface area (Å²) >= 11 is 6.02. The summed E-state index contributed by atoms with van der Waals surface area (Å²) in [5.74, 6) is 0.873. The molecule has 0 aliphatic carbocycles. The Labute approximate surface area is 194 Å². The van der Waals surface area contributed by atoms with Gasteiger partial charge in [0.2, 0.25) is 0 Å². The van der Waals surface area contributed by atoms with Gasteiger partial charge < -0.3 is 9.64 Å². The second-order valence-electron chi connectivity index (χ2n) is 8.38. The molecule has 3 aromatic rings.